The Hall–Kier alpha value is -3.69. The molecule has 1 aromatic heterocycles. The molecule has 0 radical (unpaired) electrons. The van der Waals surface area contributed by atoms with Gasteiger partial charge in [0.25, 0.3) is 17.5 Å². The molecule has 3 amide bonds. The number of nitro groups is 1. The second-order valence-electron chi connectivity index (χ2n) is 9.18. The summed E-state index contributed by atoms with van der Waals surface area (Å²) in [5, 5.41) is 20.5. The first-order valence-electron chi connectivity index (χ1n) is 11.8. The molecule has 18 nitrogen and oxygen atoms in total. The van der Waals surface area contributed by atoms with E-state index in [0.29, 0.717) is 5.56 Å². The van der Waals surface area contributed by atoms with Crippen LogP contribution >= 0.6 is 11.3 Å². The number of ether oxygens (including phenoxy) is 1. The van der Waals surface area contributed by atoms with Crippen molar-refractivity contribution in [3.63, 3.8) is 0 Å². The Kier molecular flexibility index (Phi) is 11.7. The van der Waals surface area contributed by atoms with Gasteiger partial charge in [-0.1, -0.05) is 5.16 Å². The van der Waals surface area contributed by atoms with Crippen molar-refractivity contribution in [1.29, 1.82) is 0 Å². The number of carbonyl (C=O) groups excluding carboxylic acids is 4. The average molecular weight is 652 g/mol. The van der Waals surface area contributed by atoms with E-state index in [4.69, 9.17) is 15.3 Å². The molecule has 1 aliphatic heterocycles. The monoisotopic (exact) mass is 651 g/mol. The first-order valence-corrected chi connectivity index (χ1v) is 14.0. The van der Waals surface area contributed by atoms with Gasteiger partial charge < -0.3 is 25.9 Å². The third-order valence-electron chi connectivity index (χ3n) is 5.62. The summed E-state index contributed by atoms with van der Waals surface area (Å²) in [7, 11) is -5.00. The second kappa shape index (κ2) is 14.2. The Morgan fingerprint density at radius 1 is 1.28 bits per heavy atom. The number of aromatic nitrogens is 1. The number of non-ortho nitro benzene ring substituents is 1. The number of hydrogen-bond donors (Lipinski definition) is 4. The molecule has 2 aromatic rings. The number of β-lactam (4-membered cyclic amide) rings is 1. The van der Waals surface area contributed by atoms with Crippen molar-refractivity contribution in [1.82, 2.24) is 19.9 Å². The van der Waals surface area contributed by atoms with Gasteiger partial charge >= 0.3 is 45.8 Å². The SMILES string of the molecule is CC(=O)NCC1C(NC(=O)/C(=N\OC(C)(C)C(=O)OCc2ccc([N+](=O)[O-])cc2)c2csc(N)n2)C(=O)N1S(=O)(=O)O.[NaH]. The molecule has 0 saturated carbocycles. The molecule has 21 heteroatoms. The van der Waals surface area contributed by atoms with Gasteiger partial charge in [0.15, 0.2) is 10.8 Å². The molecule has 228 valence electrons. The third kappa shape index (κ3) is 8.91. The Morgan fingerprint density at radius 3 is 2.42 bits per heavy atom. The molecular weight excluding hydrogens is 625 g/mol. The molecular formula is C22H26N7NaO11S2. The molecule has 43 heavy (non-hydrogen) atoms. The van der Waals surface area contributed by atoms with Crippen molar-refractivity contribution < 1.29 is 46.6 Å². The summed E-state index contributed by atoms with van der Waals surface area (Å²) in [6, 6.07) is 2.40. The number of carbonyl (C=O) groups is 4. The Balaban J connectivity index is 0.00000645. The Morgan fingerprint density at radius 2 is 1.91 bits per heavy atom. The van der Waals surface area contributed by atoms with Gasteiger partial charge in [-0.3, -0.25) is 29.1 Å². The molecule has 0 spiro atoms. The zero-order valence-corrected chi connectivity index (χ0v) is 23.8. The molecule has 5 N–H and O–H groups in total. The van der Waals surface area contributed by atoms with Crippen LogP contribution in [0.25, 0.3) is 0 Å². The van der Waals surface area contributed by atoms with E-state index in [0.717, 1.165) is 18.3 Å². The number of nitrogens with zero attached hydrogens (tertiary/aromatic N) is 4. The van der Waals surface area contributed by atoms with E-state index < -0.39 is 68.9 Å². The van der Waals surface area contributed by atoms with Crippen LogP contribution in [0.15, 0.2) is 34.8 Å². The predicted molar refractivity (Wildman–Crippen MR) is 151 cm³/mol. The van der Waals surface area contributed by atoms with Gasteiger partial charge in [0, 0.05) is 31.0 Å². The predicted octanol–water partition coefficient (Wildman–Crippen LogP) is -1.14. The van der Waals surface area contributed by atoms with Crippen molar-refractivity contribution in [3.8, 4) is 0 Å². The van der Waals surface area contributed by atoms with Crippen molar-refractivity contribution in [2.45, 2.75) is 45.1 Å². The fourth-order valence-corrected chi connectivity index (χ4v) is 4.88. The van der Waals surface area contributed by atoms with Gasteiger partial charge in [0.05, 0.1) is 11.0 Å². The molecule has 1 saturated heterocycles. The van der Waals surface area contributed by atoms with Crippen molar-refractivity contribution in [2.75, 3.05) is 12.3 Å². The second-order valence-corrected chi connectivity index (χ2v) is 11.4. The van der Waals surface area contributed by atoms with Crippen LogP contribution in [0.5, 0.6) is 0 Å². The van der Waals surface area contributed by atoms with Crippen molar-refractivity contribution in [3.05, 3.63) is 51.0 Å². The number of benzene rings is 1. The quantitative estimate of drug-likeness (QED) is 0.0403. The number of nitrogen functional groups attached to an aromatic ring is 1. The van der Waals surface area contributed by atoms with Gasteiger partial charge in [0.1, 0.15) is 18.3 Å². The number of anilines is 1. The summed E-state index contributed by atoms with van der Waals surface area (Å²) in [6.45, 7) is 3.02. The van der Waals surface area contributed by atoms with Crippen LogP contribution in [-0.4, -0.2) is 110 Å². The standard InChI is InChI=1S/C22H25N7O11S2.Na.H/c1-11(30)24-8-15-17(19(32)28(15)42(36,37)38)26-18(31)16(14-10-41-21(23)25-14)27-40-22(2,3)20(33)39-9-12-4-6-13(7-5-12)29(34)35;;/h4-7,10,15,17H,8-9H2,1-3H3,(H2,23,25)(H,24,30)(H,26,31)(H,36,37,38);;/b27-16-;;. The number of oxime groups is 1. The molecule has 1 aromatic carbocycles. The Bertz CT molecular complexity index is 1540. The summed E-state index contributed by atoms with van der Waals surface area (Å²) >= 11 is 0.935. The number of esters is 1. The van der Waals surface area contributed by atoms with E-state index >= 15 is 0 Å². The molecule has 0 aliphatic carbocycles. The molecule has 1 aliphatic rings. The summed E-state index contributed by atoms with van der Waals surface area (Å²) < 4.78 is 37.9. The third-order valence-corrected chi connectivity index (χ3v) is 7.24. The van der Waals surface area contributed by atoms with Crippen LogP contribution in [-0.2, 0) is 45.7 Å². The minimum absolute atomic E-state index is 0. The summed E-state index contributed by atoms with van der Waals surface area (Å²) in [5.74, 6) is -3.76. The number of rotatable bonds is 12. The molecule has 2 unspecified atom stereocenters. The van der Waals surface area contributed by atoms with Crippen LogP contribution in [0.2, 0.25) is 0 Å². The summed E-state index contributed by atoms with van der Waals surface area (Å²) in [6.07, 6.45) is 0. The van der Waals surface area contributed by atoms with Gasteiger partial charge in [-0.15, -0.1) is 11.3 Å². The minimum atomic E-state index is -5.00. The van der Waals surface area contributed by atoms with E-state index in [9.17, 15) is 42.3 Å². The van der Waals surface area contributed by atoms with Crippen LogP contribution in [0.1, 0.15) is 32.0 Å². The van der Waals surface area contributed by atoms with E-state index in [2.05, 4.69) is 20.8 Å². The van der Waals surface area contributed by atoms with E-state index in [-0.39, 0.29) is 57.0 Å². The van der Waals surface area contributed by atoms with Crippen LogP contribution in [0.4, 0.5) is 10.8 Å². The number of nitrogens with two attached hydrogens (primary N) is 1. The molecule has 0 bridgehead atoms. The van der Waals surface area contributed by atoms with Crippen LogP contribution in [0, 0.1) is 10.1 Å². The van der Waals surface area contributed by atoms with Crippen LogP contribution < -0.4 is 16.4 Å². The zero-order chi connectivity index (χ0) is 31.4. The number of thiazole rings is 1. The average Bonchev–Trinajstić information content (AvgIpc) is 3.32. The van der Waals surface area contributed by atoms with Gasteiger partial charge in [-0.2, -0.15) is 8.42 Å². The summed E-state index contributed by atoms with van der Waals surface area (Å²) in [4.78, 5) is 69.1. The maximum absolute atomic E-state index is 13.2. The first-order chi connectivity index (χ1) is 19.5. The normalized spacial score (nSPS) is 16.8. The topological polar surface area (TPSA) is 263 Å². The molecule has 2 atom stereocenters. The zero-order valence-electron chi connectivity index (χ0n) is 22.2. The number of nitro benzene ring substituents is 1. The summed E-state index contributed by atoms with van der Waals surface area (Å²) in [5.41, 5.74) is 3.52. The van der Waals surface area contributed by atoms with E-state index in [1.807, 2.05) is 0 Å². The van der Waals surface area contributed by atoms with Crippen LogP contribution in [0.3, 0.4) is 0 Å². The van der Waals surface area contributed by atoms with E-state index in [1.54, 1.807) is 0 Å². The number of amides is 3. The fraction of sp³-hybridized carbons (Fsp3) is 0.364. The Labute approximate surface area is 270 Å². The van der Waals surface area contributed by atoms with Crippen molar-refractivity contribution >= 4 is 91.4 Å². The van der Waals surface area contributed by atoms with Gasteiger partial charge in [0.2, 0.25) is 11.5 Å². The molecule has 1 fully saturated rings. The number of hydrogen-bond acceptors (Lipinski definition) is 14. The maximum atomic E-state index is 13.2. The number of nitrogens with one attached hydrogen (secondary N) is 2. The molecule has 2 heterocycles. The van der Waals surface area contributed by atoms with Gasteiger partial charge in [-0.05, 0) is 31.5 Å². The fourth-order valence-electron chi connectivity index (χ4n) is 3.45. The first kappa shape index (κ1) is 35.5. The van der Waals surface area contributed by atoms with E-state index in [1.165, 1.54) is 43.5 Å². The molecule has 3 rings (SSSR count). The van der Waals surface area contributed by atoms with Crippen molar-refractivity contribution in [2.24, 2.45) is 5.16 Å². The van der Waals surface area contributed by atoms with Gasteiger partial charge in [-0.25, -0.2) is 14.1 Å².